The molecule has 0 radical (unpaired) electrons. The summed E-state index contributed by atoms with van der Waals surface area (Å²) in [4.78, 5) is 43.0. The van der Waals surface area contributed by atoms with E-state index in [1.54, 1.807) is 37.2 Å². The summed E-state index contributed by atoms with van der Waals surface area (Å²) in [6.45, 7) is 0.908. The van der Waals surface area contributed by atoms with Crippen molar-refractivity contribution in [3.05, 3.63) is 145 Å². The number of carbonyl (C=O) groups is 2. The molecule has 0 bridgehead atoms. The molecule has 0 atom stereocenters. The Balaban J connectivity index is 0.000000181. The van der Waals surface area contributed by atoms with Crippen LogP contribution in [0.5, 0.6) is 0 Å². The lowest BCUT2D eigenvalue weighted by Gasteiger charge is -2.05. The van der Waals surface area contributed by atoms with E-state index in [0.29, 0.717) is 17.4 Å². The van der Waals surface area contributed by atoms with E-state index in [1.807, 2.05) is 84.9 Å². The minimum absolute atomic E-state index is 0.165. The normalized spacial score (nSPS) is 10.3. The molecule has 2 aromatic carbocycles. The van der Waals surface area contributed by atoms with Crippen LogP contribution in [0.2, 0.25) is 0 Å². The first-order valence-electron chi connectivity index (χ1n) is 14.3. The molecule has 0 spiro atoms. The fourth-order valence-corrected chi connectivity index (χ4v) is 4.03. The summed E-state index contributed by atoms with van der Waals surface area (Å²) in [5, 5.41) is 5.27. The predicted molar refractivity (Wildman–Crippen MR) is 168 cm³/mol. The summed E-state index contributed by atoms with van der Waals surface area (Å²) in [7, 11) is 0. The van der Waals surface area contributed by atoms with Crippen molar-refractivity contribution < 1.29 is 23.5 Å². The third kappa shape index (κ3) is 9.88. The van der Waals surface area contributed by atoms with Gasteiger partial charge < -0.3 is 29.5 Å². The molecule has 232 valence electrons. The maximum atomic E-state index is 11.7. The summed E-state index contributed by atoms with van der Waals surface area (Å²) < 4.78 is 15.6. The Labute approximate surface area is 264 Å². The van der Waals surface area contributed by atoms with Crippen molar-refractivity contribution >= 4 is 12.2 Å². The highest BCUT2D eigenvalue weighted by atomic mass is 16.6. The molecule has 0 aliphatic heterocycles. The van der Waals surface area contributed by atoms with E-state index in [4.69, 9.17) is 13.9 Å². The quantitative estimate of drug-likeness (QED) is 0.166. The van der Waals surface area contributed by atoms with E-state index in [0.717, 1.165) is 27.9 Å². The molecule has 4 heterocycles. The summed E-state index contributed by atoms with van der Waals surface area (Å²) in [6.07, 6.45) is 9.08. The maximum absolute atomic E-state index is 11.7. The molecule has 0 fully saturated rings. The van der Waals surface area contributed by atoms with Gasteiger partial charge in [-0.15, -0.1) is 0 Å². The minimum Gasteiger partial charge on any atom is -0.446 e. The molecule has 12 heteroatoms. The Kier molecular flexibility index (Phi) is 11.2. The van der Waals surface area contributed by atoms with Crippen molar-refractivity contribution in [2.75, 3.05) is 0 Å². The van der Waals surface area contributed by atoms with E-state index in [-0.39, 0.29) is 26.3 Å². The molecule has 4 aromatic heterocycles. The number of carbonyl (C=O) groups excluding carboxylic acids is 2. The monoisotopic (exact) mass is 617 g/mol. The molecule has 3 N–H and O–H groups in total. The molecule has 6 aromatic rings. The summed E-state index contributed by atoms with van der Waals surface area (Å²) in [5.41, 5.74) is 5.34. The molecule has 6 rings (SSSR count). The van der Waals surface area contributed by atoms with Crippen LogP contribution in [0.4, 0.5) is 9.59 Å². The molecule has 0 saturated carbocycles. The van der Waals surface area contributed by atoms with E-state index in [9.17, 15) is 9.59 Å². The fourth-order valence-electron chi connectivity index (χ4n) is 4.03. The predicted octanol–water partition coefficient (Wildman–Crippen LogP) is 6.06. The van der Waals surface area contributed by atoms with Crippen molar-refractivity contribution in [2.45, 2.75) is 26.3 Å². The third-order valence-electron chi connectivity index (χ3n) is 6.36. The number of H-pyrrole nitrogens is 1. The first kappa shape index (κ1) is 31.1. The van der Waals surface area contributed by atoms with Crippen LogP contribution >= 0.6 is 0 Å². The first-order valence-corrected chi connectivity index (χ1v) is 14.3. The molecular formula is C34H31N7O5. The molecule has 0 saturated heterocycles. The van der Waals surface area contributed by atoms with Crippen LogP contribution in [0.3, 0.4) is 0 Å². The Hall–Kier alpha value is -6.30. The van der Waals surface area contributed by atoms with Crippen LogP contribution in [0, 0.1) is 0 Å². The van der Waals surface area contributed by atoms with Gasteiger partial charge in [-0.05, 0) is 35.4 Å². The van der Waals surface area contributed by atoms with Crippen molar-refractivity contribution in [1.29, 1.82) is 0 Å². The van der Waals surface area contributed by atoms with Gasteiger partial charge >= 0.3 is 12.2 Å². The number of hydrogen-bond donors (Lipinski definition) is 3. The number of hydrogen-bond acceptors (Lipinski definition) is 9. The lowest BCUT2D eigenvalue weighted by Crippen LogP contribution is -2.24. The number of oxazole rings is 1. The Morgan fingerprint density at radius 1 is 0.696 bits per heavy atom. The van der Waals surface area contributed by atoms with Crippen LogP contribution in [0.25, 0.3) is 22.5 Å². The fraction of sp³-hybridized carbons (Fsp3) is 0.118. The number of aromatic nitrogens is 5. The van der Waals surface area contributed by atoms with Gasteiger partial charge in [-0.1, -0.05) is 60.7 Å². The topological polar surface area (TPSA) is 157 Å². The zero-order chi connectivity index (χ0) is 31.8. The summed E-state index contributed by atoms with van der Waals surface area (Å²) in [5.74, 6) is 1.07. The van der Waals surface area contributed by atoms with Crippen LogP contribution < -0.4 is 10.6 Å². The zero-order valence-electron chi connectivity index (χ0n) is 24.7. The number of rotatable bonds is 10. The van der Waals surface area contributed by atoms with Gasteiger partial charge in [0.25, 0.3) is 0 Å². The largest absolute Gasteiger partial charge is 0.446 e. The second-order valence-electron chi connectivity index (χ2n) is 9.67. The first-order chi connectivity index (χ1) is 22.6. The van der Waals surface area contributed by atoms with Crippen molar-refractivity contribution in [2.24, 2.45) is 0 Å². The second kappa shape index (κ2) is 16.5. The molecule has 0 unspecified atom stereocenters. The average molecular weight is 618 g/mol. The SMILES string of the molecule is O=C(NCc1nc(-c2ccncc2)co1)OCc1ccccc1.O=C(NCc1ncc(-c2ccncc2)[nH]1)OCc1ccccc1. The number of nitrogens with zero attached hydrogens (tertiary/aromatic N) is 4. The van der Waals surface area contributed by atoms with E-state index in [2.05, 4.69) is 35.6 Å². The molecule has 0 aliphatic rings. The van der Waals surface area contributed by atoms with Crippen LogP contribution in [-0.4, -0.2) is 37.1 Å². The molecular weight excluding hydrogens is 586 g/mol. The minimum atomic E-state index is -0.516. The van der Waals surface area contributed by atoms with E-state index >= 15 is 0 Å². The van der Waals surface area contributed by atoms with Crippen LogP contribution in [0.15, 0.2) is 127 Å². The number of nitrogens with one attached hydrogen (secondary N) is 3. The maximum Gasteiger partial charge on any atom is 0.407 e. The van der Waals surface area contributed by atoms with E-state index in [1.165, 1.54) is 0 Å². The highest BCUT2D eigenvalue weighted by Crippen LogP contribution is 2.17. The zero-order valence-corrected chi connectivity index (χ0v) is 24.7. The van der Waals surface area contributed by atoms with Gasteiger partial charge in [0, 0.05) is 35.9 Å². The standard InChI is InChI=1S/C17H16N4O2.C17H15N3O3/c22-17(23-12-13-4-2-1-3-5-13)20-11-16-19-10-15(21-16)14-6-8-18-9-7-14;21-17(23-11-13-4-2-1-3-5-13)19-10-16-20-15(12-22-16)14-6-8-18-9-7-14/h1-10H,11-12H2,(H,19,21)(H,20,22);1-9,12H,10-11H2,(H,19,21). The van der Waals surface area contributed by atoms with Gasteiger partial charge in [-0.25, -0.2) is 19.6 Å². The van der Waals surface area contributed by atoms with Crippen molar-refractivity contribution in [3.8, 4) is 22.5 Å². The highest BCUT2D eigenvalue weighted by Gasteiger charge is 2.09. The van der Waals surface area contributed by atoms with Crippen molar-refractivity contribution in [3.63, 3.8) is 0 Å². The highest BCUT2D eigenvalue weighted by molar-refractivity contribution is 5.67. The van der Waals surface area contributed by atoms with E-state index < -0.39 is 12.2 Å². The van der Waals surface area contributed by atoms with Crippen LogP contribution in [-0.2, 0) is 35.8 Å². The molecule has 46 heavy (non-hydrogen) atoms. The average Bonchev–Trinajstić information content (AvgIpc) is 3.81. The Morgan fingerprint density at radius 3 is 1.83 bits per heavy atom. The second-order valence-corrected chi connectivity index (χ2v) is 9.67. The number of pyridine rings is 2. The number of aromatic amines is 1. The number of imidazole rings is 1. The van der Waals surface area contributed by atoms with Gasteiger partial charge in [0.1, 0.15) is 31.0 Å². The van der Waals surface area contributed by atoms with Crippen LogP contribution in [0.1, 0.15) is 22.8 Å². The van der Waals surface area contributed by atoms with Gasteiger partial charge in [-0.2, -0.15) is 0 Å². The lowest BCUT2D eigenvalue weighted by molar-refractivity contribution is 0.137. The lowest BCUT2D eigenvalue weighted by atomic mass is 10.2. The number of amides is 2. The number of alkyl carbamates (subject to hydrolysis) is 2. The number of benzene rings is 2. The number of ether oxygens (including phenoxy) is 2. The molecule has 0 aliphatic carbocycles. The van der Waals surface area contributed by atoms with Gasteiger partial charge in [-0.3, -0.25) is 9.97 Å². The van der Waals surface area contributed by atoms with Gasteiger partial charge in [0.05, 0.1) is 25.0 Å². The molecule has 12 nitrogen and oxygen atoms in total. The molecule has 2 amide bonds. The smallest absolute Gasteiger partial charge is 0.407 e. The Bertz CT molecular complexity index is 1650. The van der Waals surface area contributed by atoms with Gasteiger partial charge in [0.15, 0.2) is 0 Å². The summed E-state index contributed by atoms with van der Waals surface area (Å²) >= 11 is 0. The Morgan fingerprint density at radius 2 is 1.24 bits per heavy atom. The summed E-state index contributed by atoms with van der Waals surface area (Å²) in [6, 6.07) is 26.5. The van der Waals surface area contributed by atoms with Crippen molar-refractivity contribution in [1.82, 2.24) is 35.6 Å². The third-order valence-corrected chi connectivity index (χ3v) is 6.36. The van der Waals surface area contributed by atoms with Gasteiger partial charge in [0.2, 0.25) is 5.89 Å².